The first kappa shape index (κ1) is 12.4. The number of hydrogen-bond donors (Lipinski definition) is 1. The molecular formula is C14H17N3O. The van der Waals surface area contributed by atoms with Crippen molar-refractivity contribution in [1.29, 1.82) is 0 Å². The topological polar surface area (TPSA) is 46.9 Å². The van der Waals surface area contributed by atoms with E-state index in [9.17, 15) is 4.79 Å². The third kappa shape index (κ3) is 2.59. The summed E-state index contributed by atoms with van der Waals surface area (Å²) < 4.78 is 1.84. The standard InChI is InChI=1S/C14H17N3O/c1-10-4-6-12(7-5-10)9-17-11(2)8-13(16-17)14(18)15-3/h4-8H,9H2,1-3H3,(H,15,18). The fourth-order valence-electron chi connectivity index (χ4n) is 1.78. The zero-order chi connectivity index (χ0) is 13.1. The third-order valence-corrected chi connectivity index (χ3v) is 2.89. The molecular weight excluding hydrogens is 226 g/mol. The van der Waals surface area contributed by atoms with Crippen LogP contribution in [0.4, 0.5) is 0 Å². The molecule has 0 unspecified atom stereocenters. The van der Waals surface area contributed by atoms with Crippen molar-refractivity contribution in [3.8, 4) is 0 Å². The Hall–Kier alpha value is -2.10. The molecule has 1 N–H and O–H groups in total. The summed E-state index contributed by atoms with van der Waals surface area (Å²) in [7, 11) is 1.61. The van der Waals surface area contributed by atoms with Crippen LogP contribution in [0.5, 0.6) is 0 Å². The van der Waals surface area contributed by atoms with E-state index in [1.54, 1.807) is 13.1 Å². The second kappa shape index (κ2) is 5.04. The Morgan fingerprint density at radius 2 is 1.94 bits per heavy atom. The molecule has 0 saturated carbocycles. The second-order valence-corrected chi connectivity index (χ2v) is 4.39. The van der Waals surface area contributed by atoms with Gasteiger partial charge < -0.3 is 5.32 Å². The van der Waals surface area contributed by atoms with Gasteiger partial charge in [0.25, 0.3) is 5.91 Å². The molecule has 0 fully saturated rings. The molecule has 0 aliphatic rings. The predicted octanol–water partition coefficient (Wildman–Crippen LogP) is 1.91. The first-order valence-corrected chi connectivity index (χ1v) is 5.92. The number of aromatic nitrogens is 2. The second-order valence-electron chi connectivity index (χ2n) is 4.39. The number of carbonyl (C=O) groups excluding carboxylic acids is 1. The highest BCUT2D eigenvalue weighted by molar-refractivity contribution is 5.92. The van der Waals surface area contributed by atoms with Crippen LogP contribution >= 0.6 is 0 Å². The molecule has 1 aromatic carbocycles. The van der Waals surface area contributed by atoms with Crippen LogP contribution in [0.15, 0.2) is 30.3 Å². The molecule has 2 rings (SSSR count). The minimum atomic E-state index is -0.152. The van der Waals surface area contributed by atoms with Crippen molar-refractivity contribution in [3.63, 3.8) is 0 Å². The van der Waals surface area contributed by atoms with E-state index >= 15 is 0 Å². The van der Waals surface area contributed by atoms with E-state index in [2.05, 4.69) is 41.6 Å². The molecule has 18 heavy (non-hydrogen) atoms. The van der Waals surface area contributed by atoms with Crippen molar-refractivity contribution in [2.24, 2.45) is 0 Å². The Labute approximate surface area is 107 Å². The number of aryl methyl sites for hydroxylation is 2. The molecule has 94 valence electrons. The van der Waals surface area contributed by atoms with Gasteiger partial charge in [0, 0.05) is 12.7 Å². The largest absolute Gasteiger partial charge is 0.354 e. The highest BCUT2D eigenvalue weighted by Crippen LogP contribution is 2.09. The molecule has 0 bridgehead atoms. The van der Waals surface area contributed by atoms with Crippen molar-refractivity contribution >= 4 is 5.91 Å². The molecule has 1 aromatic heterocycles. The van der Waals surface area contributed by atoms with E-state index in [1.807, 2.05) is 11.6 Å². The van der Waals surface area contributed by atoms with Crippen molar-refractivity contribution in [2.75, 3.05) is 7.05 Å². The normalized spacial score (nSPS) is 10.4. The van der Waals surface area contributed by atoms with Crippen LogP contribution in [0.3, 0.4) is 0 Å². The van der Waals surface area contributed by atoms with Crippen LogP contribution in [-0.4, -0.2) is 22.7 Å². The zero-order valence-corrected chi connectivity index (χ0v) is 10.9. The van der Waals surface area contributed by atoms with Gasteiger partial charge >= 0.3 is 0 Å². The van der Waals surface area contributed by atoms with Gasteiger partial charge in [0.1, 0.15) is 5.69 Å². The summed E-state index contributed by atoms with van der Waals surface area (Å²) in [4.78, 5) is 11.5. The van der Waals surface area contributed by atoms with E-state index < -0.39 is 0 Å². The highest BCUT2D eigenvalue weighted by atomic mass is 16.1. The van der Waals surface area contributed by atoms with E-state index in [-0.39, 0.29) is 5.91 Å². The lowest BCUT2D eigenvalue weighted by Crippen LogP contribution is -2.18. The minimum Gasteiger partial charge on any atom is -0.354 e. The van der Waals surface area contributed by atoms with Gasteiger partial charge in [0.15, 0.2) is 0 Å². The van der Waals surface area contributed by atoms with E-state index in [4.69, 9.17) is 0 Å². The minimum absolute atomic E-state index is 0.152. The van der Waals surface area contributed by atoms with E-state index in [1.165, 1.54) is 11.1 Å². The van der Waals surface area contributed by atoms with Gasteiger partial charge in [-0.1, -0.05) is 29.8 Å². The molecule has 0 atom stereocenters. The Kier molecular flexibility index (Phi) is 3.46. The molecule has 0 aliphatic heterocycles. The third-order valence-electron chi connectivity index (χ3n) is 2.89. The average molecular weight is 243 g/mol. The number of benzene rings is 1. The van der Waals surface area contributed by atoms with Gasteiger partial charge in [-0.15, -0.1) is 0 Å². The molecule has 0 aliphatic carbocycles. The molecule has 2 aromatic rings. The van der Waals surface area contributed by atoms with Gasteiger partial charge in [-0.3, -0.25) is 9.48 Å². The average Bonchev–Trinajstić information content (AvgIpc) is 2.73. The van der Waals surface area contributed by atoms with Crippen molar-refractivity contribution in [3.05, 3.63) is 52.8 Å². The predicted molar refractivity (Wildman–Crippen MR) is 70.6 cm³/mol. The molecule has 1 heterocycles. The molecule has 0 radical (unpaired) electrons. The summed E-state index contributed by atoms with van der Waals surface area (Å²) in [6.07, 6.45) is 0. The summed E-state index contributed by atoms with van der Waals surface area (Å²) in [6.45, 7) is 4.70. The first-order valence-electron chi connectivity index (χ1n) is 5.92. The van der Waals surface area contributed by atoms with Crippen molar-refractivity contribution in [2.45, 2.75) is 20.4 Å². The number of nitrogens with one attached hydrogen (secondary N) is 1. The van der Waals surface area contributed by atoms with Gasteiger partial charge in [-0.2, -0.15) is 5.10 Å². The Morgan fingerprint density at radius 3 is 2.56 bits per heavy atom. The molecule has 0 spiro atoms. The number of carbonyl (C=O) groups is 1. The summed E-state index contributed by atoms with van der Waals surface area (Å²) in [5.41, 5.74) is 3.86. The first-order chi connectivity index (χ1) is 8.60. The monoisotopic (exact) mass is 243 g/mol. The summed E-state index contributed by atoms with van der Waals surface area (Å²) in [5, 5.41) is 6.88. The lowest BCUT2D eigenvalue weighted by atomic mass is 10.1. The zero-order valence-electron chi connectivity index (χ0n) is 10.9. The summed E-state index contributed by atoms with van der Waals surface area (Å²) in [5.74, 6) is -0.152. The highest BCUT2D eigenvalue weighted by Gasteiger charge is 2.10. The van der Waals surface area contributed by atoms with Gasteiger partial charge in [0.2, 0.25) is 0 Å². The van der Waals surface area contributed by atoms with Crippen molar-refractivity contribution < 1.29 is 4.79 Å². The van der Waals surface area contributed by atoms with Gasteiger partial charge in [0.05, 0.1) is 6.54 Å². The van der Waals surface area contributed by atoms with E-state index in [0.29, 0.717) is 12.2 Å². The molecule has 1 amide bonds. The SMILES string of the molecule is CNC(=O)c1cc(C)n(Cc2ccc(C)cc2)n1. The molecule has 0 saturated heterocycles. The maximum absolute atomic E-state index is 11.5. The van der Waals surface area contributed by atoms with Crippen LogP contribution in [-0.2, 0) is 6.54 Å². The maximum atomic E-state index is 11.5. The quantitative estimate of drug-likeness (QED) is 0.895. The number of rotatable bonds is 3. The smallest absolute Gasteiger partial charge is 0.271 e. The van der Waals surface area contributed by atoms with Crippen LogP contribution < -0.4 is 5.32 Å². The number of hydrogen-bond acceptors (Lipinski definition) is 2. The van der Waals surface area contributed by atoms with Crippen LogP contribution in [0.25, 0.3) is 0 Å². The molecule has 4 heteroatoms. The van der Waals surface area contributed by atoms with Crippen LogP contribution in [0, 0.1) is 13.8 Å². The van der Waals surface area contributed by atoms with Gasteiger partial charge in [-0.05, 0) is 25.5 Å². The maximum Gasteiger partial charge on any atom is 0.271 e. The Bertz CT molecular complexity index is 555. The lowest BCUT2D eigenvalue weighted by molar-refractivity contribution is 0.0957. The van der Waals surface area contributed by atoms with Crippen LogP contribution in [0.1, 0.15) is 27.3 Å². The fourth-order valence-corrected chi connectivity index (χ4v) is 1.78. The number of amides is 1. The van der Waals surface area contributed by atoms with E-state index in [0.717, 1.165) is 5.69 Å². The summed E-state index contributed by atoms with van der Waals surface area (Å²) in [6, 6.07) is 10.1. The van der Waals surface area contributed by atoms with Gasteiger partial charge in [-0.25, -0.2) is 0 Å². The summed E-state index contributed by atoms with van der Waals surface area (Å²) >= 11 is 0. The Balaban J connectivity index is 2.21. The number of nitrogens with zero attached hydrogens (tertiary/aromatic N) is 2. The van der Waals surface area contributed by atoms with Crippen molar-refractivity contribution in [1.82, 2.24) is 15.1 Å². The Morgan fingerprint density at radius 1 is 1.28 bits per heavy atom. The fraction of sp³-hybridized carbons (Fsp3) is 0.286. The molecule has 4 nitrogen and oxygen atoms in total. The van der Waals surface area contributed by atoms with Crippen LogP contribution in [0.2, 0.25) is 0 Å². The lowest BCUT2D eigenvalue weighted by Gasteiger charge is -2.04.